The molecule has 164 valence electrons. The number of Topliss-reactive ketones (excluding diaryl/α,β-unsaturated/α-hetero) is 4. The van der Waals surface area contributed by atoms with Crippen LogP contribution in [0.25, 0.3) is 0 Å². The molecular weight excluding hydrogens is 404 g/mol. The third-order valence-corrected chi connectivity index (χ3v) is 7.18. The molecule has 0 aromatic heterocycles. The number of primary amides is 1. The van der Waals surface area contributed by atoms with Gasteiger partial charge in [0, 0.05) is 5.92 Å². The predicted molar refractivity (Wildman–Crippen MR) is 106 cm³/mol. The third-order valence-electron chi connectivity index (χ3n) is 7.18. The Morgan fingerprint density at radius 2 is 1.81 bits per heavy atom. The van der Waals surface area contributed by atoms with Gasteiger partial charge in [0.05, 0.1) is 17.5 Å². The van der Waals surface area contributed by atoms with Gasteiger partial charge in [-0.05, 0) is 57.0 Å². The van der Waals surface area contributed by atoms with E-state index in [0.717, 1.165) is 5.56 Å². The number of rotatable bonds is 2. The molecule has 3 aliphatic carbocycles. The van der Waals surface area contributed by atoms with Crippen molar-refractivity contribution in [1.82, 2.24) is 4.90 Å². The molecule has 6 atom stereocenters. The van der Waals surface area contributed by atoms with E-state index >= 15 is 0 Å². The Kier molecular flexibility index (Phi) is 4.68. The molecule has 0 saturated heterocycles. The molecule has 2 saturated carbocycles. The zero-order chi connectivity index (χ0) is 23.0. The van der Waals surface area contributed by atoms with Crippen molar-refractivity contribution in [3.05, 3.63) is 28.8 Å². The van der Waals surface area contributed by atoms with Gasteiger partial charge in [0.25, 0.3) is 0 Å². The SMILES string of the molecule is Cc1ccc(O)c2c1CC1CC3[C@H](N(C)C)C(=O)C(C(N)=O)C(=O)[C@@]3(O)C(=O)C1C2=O. The Morgan fingerprint density at radius 3 is 2.39 bits per heavy atom. The Labute approximate surface area is 178 Å². The lowest BCUT2D eigenvalue weighted by molar-refractivity contribution is -0.181. The van der Waals surface area contributed by atoms with Gasteiger partial charge < -0.3 is 15.9 Å². The Bertz CT molecular complexity index is 1060. The molecule has 4 N–H and O–H groups in total. The first-order valence-electron chi connectivity index (χ1n) is 10.1. The van der Waals surface area contributed by atoms with Gasteiger partial charge in [-0.15, -0.1) is 0 Å². The highest BCUT2D eigenvalue weighted by Gasteiger charge is 2.69. The molecule has 1 aromatic rings. The molecule has 31 heavy (non-hydrogen) atoms. The maximum absolute atomic E-state index is 13.5. The summed E-state index contributed by atoms with van der Waals surface area (Å²) in [5.41, 5.74) is 4.01. The van der Waals surface area contributed by atoms with Crippen LogP contribution in [0.15, 0.2) is 12.1 Å². The van der Waals surface area contributed by atoms with Crippen molar-refractivity contribution in [3.8, 4) is 5.75 Å². The molecule has 0 bridgehead atoms. The molecule has 0 spiro atoms. The second kappa shape index (κ2) is 6.80. The highest BCUT2D eigenvalue weighted by atomic mass is 16.3. The van der Waals surface area contributed by atoms with Crippen LogP contribution in [-0.4, -0.2) is 69.9 Å². The van der Waals surface area contributed by atoms with Crippen molar-refractivity contribution in [2.75, 3.05) is 14.1 Å². The number of hydrogen-bond donors (Lipinski definition) is 3. The first kappa shape index (κ1) is 21.3. The number of amides is 1. The smallest absolute Gasteiger partial charge is 0.235 e. The van der Waals surface area contributed by atoms with Crippen molar-refractivity contribution in [2.24, 2.45) is 29.4 Å². The highest BCUT2D eigenvalue weighted by Crippen LogP contribution is 2.50. The number of phenols is 1. The summed E-state index contributed by atoms with van der Waals surface area (Å²) in [5, 5.41) is 21.7. The summed E-state index contributed by atoms with van der Waals surface area (Å²) in [7, 11) is 3.10. The lowest BCUT2D eigenvalue weighted by Gasteiger charge is -2.52. The summed E-state index contributed by atoms with van der Waals surface area (Å²) in [6.07, 6.45) is 0.338. The quantitative estimate of drug-likeness (QED) is 0.516. The van der Waals surface area contributed by atoms with Crippen molar-refractivity contribution in [3.63, 3.8) is 0 Å². The van der Waals surface area contributed by atoms with Crippen LogP contribution in [0.1, 0.15) is 27.9 Å². The zero-order valence-corrected chi connectivity index (χ0v) is 17.4. The maximum atomic E-state index is 13.5. The van der Waals surface area contributed by atoms with Crippen molar-refractivity contribution >= 4 is 29.0 Å². The van der Waals surface area contributed by atoms with E-state index < -0.39 is 64.4 Å². The number of ketones is 4. The summed E-state index contributed by atoms with van der Waals surface area (Å²) in [4.78, 5) is 66.2. The minimum Gasteiger partial charge on any atom is -0.507 e. The van der Waals surface area contributed by atoms with Gasteiger partial charge in [-0.2, -0.15) is 0 Å². The van der Waals surface area contributed by atoms with Crippen LogP contribution in [0, 0.1) is 30.6 Å². The molecule has 9 heteroatoms. The number of fused-ring (bicyclic) bond motifs is 3. The number of benzene rings is 1. The van der Waals surface area contributed by atoms with E-state index in [2.05, 4.69) is 0 Å². The van der Waals surface area contributed by atoms with E-state index in [1.807, 2.05) is 0 Å². The van der Waals surface area contributed by atoms with E-state index in [-0.39, 0.29) is 24.2 Å². The average molecular weight is 428 g/mol. The topological polar surface area (TPSA) is 155 Å². The lowest BCUT2D eigenvalue weighted by Crippen LogP contribution is -2.74. The number of aryl methyl sites for hydroxylation is 1. The Morgan fingerprint density at radius 1 is 1.16 bits per heavy atom. The number of nitrogens with zero attached hydrogens (tertiary/aromatic N) is 1. The van der Waals surface area contributed by atoms with E-state index in [1.54, 1.807) is 27.1 Å². The number of likely N-dealkylation sites (N-methyl/N-ethyl adjacent to an activating group) is 1. The summed E-state index contributed by atoms with van der Waals surface area (Å²) in [5.74, 6) is -10.2. The number of phenolic OH excluding ortho intramolecular Hbond substituents is 1. The van der Waals surface area contributed by atoms with Gasteiger partial charge in [-0.3, -0.25) is 28.9 Å². The van der Waals surface area contributed by atoms with Gasteiger partial charge in [-0.25, -0.2) is 0 Å². The van der Waals surface area contributed by atoms with Crippen molar-refractivity contribution < 1.29 is 34.2 Å². The van der Waals surface area contributed by atoms with Crippen LogP contribution in [0.2, 0.25) is 0 Å². The molecule has 4 rings (SSSR count). The average Bonchev–Trinajstić information content (AvgIpc) is 2.67. The number of nitrogens with two attached hydrogens (primary N) is 1. The van der Waals surface area contributed by atoms with Gasteiger partial charge in [-0.1, -0.05) is 6.07 Å². The normalized spacial score (nSPS) is 34.9. The number of aromatic hydroxyl groups is 1. The van der Waals surface area contributed by atoms with E-state index in [0.29, 0.717) is 5.56 Å². The van der Waals surface area contributed by atoms with Crippen LogP contribution in [-0.2, 0) is 25.6 Å². The van der Waals surface area contributed by atoms with Crippen LogP contribution >= 0.6 is 0 Å². The molecule has 2 fully saturated rings. The zero-order valence-electron chi connectivity index (χ0n) is 17.4. The van der Waals surface area contributed by atoms with Gasteiger partial charge >= 0.3 is 0 Å². The number of aliphatic hydroxyl groups is 1. The molecule has 0 radical (unpaired) electrons. The fourth-order valence-corrected chi connectivity index (χ4v) is 5.76. The fraction of sp³-hybridized carbons (Fsp3) is 0.500. The second-order valence-electron chi connectivity index (χ2n) is 9.04. The summed E-state index contributed by atoms with van der Waals surface area (Å²) in [6, 6.07) is 1.95. The van der Waals surface area contributed by atoms with Crippen LogP contribution in [0.5, 0.6) is 5.75 Å². The molecule has 9 nitrogen and oxygen atoms in total. The Hall–Kier alpha value is -2.91. The van der Waals surface area contributed by atoms with Crippen LogP contribution in [0.3, 0.4) is 0 Å². The second-order valence-corrected chi connectivity index (χ2v) is 9.04. The van der Waals surface area contributed by atoms with E-state index in [9.17, 15) is 34.2 Å². The molecule has 0 heterocycles. The first-order valence-corrected chi connectivity index (χ1v) is 10.1. The summed E-state index contributed by atoms with van der Waals surface area (Å²) < 4.78 is 0. The minimum atomic E-state index is -2.68. The molecule has 0 aliphatic heterocycles. The molecule has 4 unspecified atom stereocenters. The summed E-state index contributed by atoms with van der Waals surface area (Å²) in [6.45, 7) is 1.79. The lowest BCUT2D eigenvalue weighted by atomic mass is 9.52. The first-order chi connectivity index (χ1) is 14.4. The van der Waals surface area contributed by atoms with E-state index in [1.165, 1.54) is 11.0 Å². The van der Waals surface area contributed by atoms with Gasteiger partial charge in [0.2, 0.25) is 5.91 Å². The van der Waals surface area contributed by atoms with Crippen molar-refractivity contribution in [1.29, 1.82) is 0 Å². The largest absolute Gasteiger partial charge is 0.507 e. The Balaban J connectivity index is 1.88. The van der Waals surface area contributed by atoms with Gasteiger partial charge in [0.15, 0.2) is 34.7 Å². The number of carbonyl (C=O) groups excluding carboxylic acids is 5. The number of carbonyl (C=O) groups is 5. The van der Waals surface area contributed by atoms with E-state index in [4.69, 9.17) is 5.73 Å². The fourth-order valence-electron chi connectivity index (χ4n) is 5.76. The molecule has 1 amide bonds. The van der Waals surface area contributed by atoms with Gasteiger partial charge in [0.1, 0.15) is 5.75 Å². The molecule has 1 aromatic carbocycles. The van der Waals surface area contributed by atoms with Crippen LogP contribution < -0.4 is 5.73 Å². The number of hydrogen-bond acceptors (Lipinski definition) is 8. The maximum Gasteiger partial charge on any atom is 0.235 e. The summed E-state index contributed by atoms with van der Waals surface area (Å²) >= 11 is 0. The van der Waals surface area contributed by atoms with Crippen molar-refractivity contribution in [2.45, 2.75) is 31.4 Å². The van der Waals surface area contributed by atoms with Crippen LogP contribution in [0.4, 0.5) is 0 Å². The highest BCUT2D eigenvalue weighted by molar-refractivity contribution is 6.32. The predicted octanol–water partition coefficient (Wildman–Crippen LogP) is -0.825. The molecular formula is C22H24N2O7. The third kappa shape index (κ3) is 2.66. The monoisotopic (exact) mass is 428 g/mol. The molecule has 3 aliphatic rings. The standard InChI is InChI=1S/C22H24N2O7/c1-8-4-5-12(25)14-10(8)6-9-7-11-16(24(2)3)18(27)15(21(23)30)20(29)22(11,31)19(28)13(9)17(14)26/h4-5,9,11,13,15-16,25,31H,6-7H2,1-3H3,(H2,23,30)/t9?,11?,13?,15?,16-,22-/m0/s1. The minimum absolute atomic E-state index is 0.0200.